The van der Waals surface area contributed by atoms with E-state index in [0.29, 0.717) is 4.58 Å². The molecule has 1 aromatic carbocycles. The molecule has 0 N–H and O–H groups in total. The molecule has 1 nitrogen and oxygen atoms in total. The first-order valence-electron chi connectivity index (χ1n) is 9.19. The smallest absolute Gasteiger partial charge is 0.118 e. The van der Waals surface area contributed by atoms with E-state index in [0.717, 1.165) is 5.75 Å². The molecule has 1 rings (SSSR count). The highest BCUT2D eigenvalue weighted by Gasteiger charge is 2.12. The zero-order chi connectivity index (χ0) is 16.8. The second-order valence-corrected chi connectivity index (χ2v) is 8.69. The SMILES string of the molecule is CCCCCCCSC(SCCCCC)c1ccc(OC)cc1. The van der Waals surface area contributed by atoms with Crippen LogP contribution < -0.4 is 4.74 Å². The van der Waals surface area contributed by atoms with Crippen molar-refractivity contribution < 1.29 is 4.74 Å². The van der Waals surface area contributed by atoms with Gasteiger partial charge in [-0.1, -0.05) is 64.5 Å². The minimum absolute atomic E-state index is 0.573. The minimum atomic E-state index is 0.573. The maximum atomic E-state index is 5.28. The molecule has 0 fully saturated rings. The van der Waals surface area contributed by atoms with Gasteiger partial charge in [0.15, 0.2) is 0 Å². The maximum Gasteiger partial charge on any atom is 0.118 e. The maximum absolute atomic E-state index is 5.28. The molecule has 1 atom stereocenters. The van der Waals surface area contributed by atoms with Gasteiger partial charge in [-0.2, -0.15) is 0 Å². The van der Waals surface area contributed by atoms with Gasteiger partial charge in [-0.3, -0.25) is 0 Å². The van der Waals surface area contributed by atoms with E-state index in [2.05, 4.69) is 61.6 Å². The fourth-order valence-corrected chi connectivity index (χ4v) is 5.27. The van der Waals surface area contributed by atoms with Gasteiger partial charge in [-0.15, -0.1) is 23.5 Å². The van der Waals surface area contributed by atoms with E-state index in [4.69, 9.17) is 4.74 Å². The average molecular weight is 355 g/mol. The molecule has 0 saturated heterocycles. The van der Waals surface area contributed by atoms with Gasteiger partial charge >= 0.3 is 0 Å². The Morgan fingerprint density at radius 2 is 1.30 bits per heavy atom. The Balaban J connectivity index is 2.43. The van der Waals surface area contributed by atoms with E-state index < -0.39 is 0 Å². The third-order valence-electron chi connectivity index (χ3n) is 3.92. The first-order valence-corrected chi connectivity index (χ1v) is 11.3. The van der Waals surface area contributed by atoms with Gasteiger partial charge in [0.25, 0.3) is 0 Å². The summed E-state index contributed by atoms with van der Waals surface area (Å²) in [5, 5.41) is 0. The van der Waals surface area contributed by atoms with E-state index in [1.54, 1.807) is 7.11 Å². The Morgan fingerprint density at radius 1 is 0.783 bits per heavy atom. The van der Waals surface area contributed by atoms with Crippen molar-refractivity contribution in [1.82, 2.24) is 0 Å². The van der Waals surface area contributed by atoms with Crippen LogP contribution in [-0.4, -0.2) is 18.6 Å². The van der Waals surface area contributed by atoms with Crippen LogP contribution in [0.2, 0.25) is 0 Å². The van der Waals surface area contributed by atoms with E-state index >= 15 is 0 Å². The average Bonchev–Trinajstić information content (AvgIpc) is 2.60. The highest BCUT2D eigenvalue weighted by Crippen LogP contribution is 2.40. The summed E-state index contributed by atoms with van der Waals surface area (Å²) in [7, 11) is 1.73. The summed E-state index contributed by atoms with van der Waals surface area (Å²) in [4.78, 5) is 0. The lowest BCUT2D eigenvalue weighted by atomic mass is 10.2. The van der Waals surface area contributed by atoms with Crippen LogP contribution in [0, 0.1) is 0 Å². The molecule has 0 aromatic heterocycles. The first-order chi connectivity index (χ1) is 11.3. The van der Waals surface area contributed by atoms with E-state index in [1.807, 2.05) is 0 Å². The van der Waals surface area contributed by atoms with Crippen molar-refractivity contribution in [3.63, 3.8) is 0 Å². The van der Waals surface area contributed by atoms with Crippen molar-refractivity contribution in [2.24, 2.45) is 0 Å². The fourth-order valence-electron chi connectivity index (χ4n) is 2.44. The molecule has 0 saturated carbocycles. The molecular weight excluding hydrogens is 320 g/mol. The number of hydrogen-bond donors (Lipinski definition) is 0. The van der Waals surface area contributed by atoms with Crippen molar-refractivity contribution in [3.05, 3.63) is 29.8 Å². The van der Waals surface area contributed by atoms with Crippen LogP contribution in [0.1, 0.15) is 75.4 Å². The van der Waals surface area contributed by atoms with Gasteiger partial charge in [0.1, 0.15) is 5.75 Å². The molecule has 3 heteroatoms. The van der Waals surface area contributed by atoms with Gasteiger partial charge in [-0.05, 0) is 42.0 Å². The Kier molecular flexibility index (Phi) is 12.7. The summed E-state index contributed by atoms with van der Waals surface area (Å²) in [6.45, 7) is 4.55. The van der Waals surface area contributed by atoms with Crippen LogP contribution in [0.4, 0.5) is 0 Å². The predicted molar refractivity (Wildman–Crippen MR) is 109 cm³/mol. The summed E-state index contributed by atoms with van der Waals surface area (Å²) in [5.74, 6) is 3.50. The molecule has 132 valence electrons. The molecule has 23 heavy (non-hydrogen) atoms. The molecule has 0 amide bonds. The van der Waals surface area contributed by atoms with E-state index in [9.17, 15) is 0 Å². The molecule has 0 aliphatic heterocycles. The van der Waals surface area contributed by atoms with Gasteiger partial charge in [0.05, 0.1) is 11.7 Å². The van der Waals surface area contributed by atoms with Crippen LogP contribution in [0.3, 0.4) is 0 Å². The lowest BCUT2D eigenvalue weighted by Gasteiger charge is -2.17. The number of thioether (sulfide) groups is 2. The Morgan fingerprint density at radius 3 is 1.87 bits per heavy atom. The topological polar surface area (TPSA) is 9.23 Å². The molecule has 0 aliphatic carbocycles. The van der Waals surface area contributed by atoms with Crippen molar-refractivity contribution in [2.45, 2.75) is 69.8 Å². The summed E-state index contributed by atoms with van der Waals surface area (Å²) >= 11 is 4.24. The fraction of sp³-hybridized carbons (Fsp3) is 0.700. The van der Waals surface area contributed by atoms with Crippen molar-refractivity contribution in [3.8, 4) is 5.75 Å². The Bertz CT molecular complexity index is 378. The van der Waals surface area contributed by atoms with Gasteiger partial charge in [0.2, 0.25) is 0 Å². The number of rotatable bonds is 14. The Hall–Kier alpha value is -0.280. The summed E-state index contributed by atoms with van der Waals surface area (Å²) < 4.78 is 5.86. The molecule has 0 bridgehead atoms. The zero-order valence-corrected chi connectivity index (χ0v) is 16.8. The van der Waals surface area contributed by atoms with Gasteiger partial charge in [-0.25, -0.2) is 0 Å². The lowest BCUT2D eigenvalue weighted by molar-refractivity contribution is 0.414. The molecule has 0 spiro atoms. The van der Waals surface area contributed by atoms with Crippen molar-refractivity contribution in [2.75, 3.05) is 18.6 Å². The normalized spacial score (nSPS) is 12.3. The largest absolute Gasteiger partial charge is 0.497 e. The standard InChI is InChI=1S/C20H34OS2/c1-4-6-8-9-11-17-23-20(22-16-10-7-5-2)18-12-14-19(21-3)15-13-18/h12-15,20H,4-11,16-17H2,1-3H3. The summed E-state index contributed by atoms with van der Waals surface area (Å²) in [6.07, 6.45) is 10.8. The van der Waals surface area contributed by atoms with Crippen LogP contribution in [0.5, 0.6) is 5.75 Å². The molecule has 0 radical (unpaired) electrons. The lowest BCUT2D eigenvalue weighted by Crippen LogP contribution is -1.94. The van der Waals surface area contributed by atoms with Gasteiger partial charge in [0, 0.05) is 0 Å². The van der Waals surface area contributed by atoms with Crippen LogP contribution in [-0.2, 0) is 0 Å². The number of methoxy groups -OCH3 is 1. The predicted octanol–water partition coefficient (Wildman–Crippen LogP) is 7.32. The van der Waals surface area contributed by atoms with Crippen LogP contribution >= 0.6 is 23.5 Å². The number of ether oxygens (including phenoxy) is 1. The molecule has 1 unspecified atom stereocenters. The zero-order valence-electron chi connectivity index (χ0n) is 15.2. The third kappa shape index (κ3) is 9.56. The van der Waals surface area contributed by atoms with E-state index in [-0.39, 0.29) is 0 Å². The monoisotopic (exact) mass is 354 g/mol. The van der Waals surface area contributed by atoms with Crippen LogP contribution in [0.15, 0.2) is 24.3 Å². The second kappa shape index (κ2) is 14.1. The second-order valence-electron chi connectivity index (χ2n) is 5.97. The van der Waals surface area contributed by atoms with Crippen LogP contribution in [0.25, 0.3) is 0 Å². The van der Waals surface area contributed by atoms with Gasteiger partial charge < -0.3 is 4.74 Å². The summed E-state index contributed by atoms with van der Waals surface area (Å²) in [6, 6.07) is 8.66. The highest BCUT2D eigenvalue weighted by molar-refractivity contribution is 8.16. The Labute approximate surface area is 152 Å². The van der Waals surface area contributed by atoms with E-state index in [1.165, 1.54) is 68.4 Å². The quantitative estimate of drug-likeness (QED) is 0.256. The minimum Gasteiger partial charge on any atom is -0.497 e. The summed E-state index contributed by atoms with van der Waals surface area (Å²) in [5.41, 5.74) is 1.44. The molecule has 0 heterocycles. The number of benzene rings is 1. The third-order valence-corrected chi connectivity index (χ3v) is 6.94. The first kappa shape index (κ1) is 20.8. The molecule has 1 aromatic rings. The number of hydrogen-bond acceptors (Lipinski definition) is 3. The molecule has 0 aliphatic rings. The highest BCUT2D eigenvalue weighted by atomic mass is 32.2. The number of unbranched alkanes of at least 4 members (excludes halogenated alkanes) is 6. The van der Waals surface area contributed by atoms with Crippen molar-refractivity contribution in [1.29, 1.82) is 0 Å². The molecular formula is C20H34OS2. The van der Waals surface area contributed by atoms with Crippen molar-refractivity contribution >= 4 is 23.5 Å².